The van der Waals surface area contributed by atoms with Crippen LogP contribution in [0.4, 0.5) is 11.4 Å². The van der Waals surface area contributed by atoms with Gasteiger partial charge in [0, 0.05) is 36.1 Å². The molecule has 18 heavy (non-hydrogen) atoms. The number of hydrogen-bond acceptors (Lipinski definition) is 4. The molecule has 0 saturated carbocycles. The minimum absolute atomic E-state index is 0.154. The first-order chi connectivity index (χ1) is 8.56. The molecule has 1 aromatic rings. The number of nitrogens with zero attached hydrogens (tertiary/aromatic N) is 1. The minimum atomic E-state index is 0.154. The SMILES string of the molecule is CC(C)Oc1cc(N)cc(N2CCOCC2C)c1. The Hall–Kier alpha value is -1.42. The van der Waals surface area contributed by atoms with E-state index >= 15 is 0 Å². The Balaban J connectivity index is 2.23. The highest BCUT2D eigenvalue weighted by Gasteiger charge is 2.20. The van der Waals surface area contributed by atoms with E-state index in [1.54, 1.807) is 0 Å². The van der Waals surface area contributed by atoms with E-state index in [-0.39, 0.29) is 6.10 Å². The molecule has 1 aromatic carbocycles. The van der Waals surface area contributed by atoms with Crippen LogP contribution in [-0.2, 0) is 4.74 Å². The lowest BCUT2D eigenvalue weighted by molar-refractivity contribution is 0.0989. The molecule has 2 rings (SSSR count). The van der Waals surface area contributed by atoms with E-state index in [2.05, 4.69) is 17.9 Å². The molecule has 0 aliphatic carbocycles. The fourth-order valence-corrected chi connectivity index (χ4v) is 2.22. The van der Waals surface area contributed by atoms with Crippen LogP contribution in [0.15, 0.2) is 18.2 Å². The molecule has 100 valence electrons. The molecule has 0 amide bonds. The normalized spacial score (nSPS) is 20.2. The van der Waals surface area contributed by atoms with Gasteiger partial charge in [-0.15, -0.1) is 0 Å². The van der Waals surface area contributed by atoms with Gasteiger partial charge in [-0.2, -0.15) is 0 Å². The van der Waals surface area contributed by atoms with Crippen molar-refractivity contribution in [3.63, 3.8) is 0 Å². The second-order valence-corrected chi connectivity index (χ2v) is 5.04. The molecule has 1 saturated heterocycles. The Morgan fingerprint density at radius 2 is 2.17 bits per heavy atom. The van der Waals surface area contributed by atoms with Crippen LogP contribution in [0.1, 0.15) is 20.8 Å². The zero-order valence-corrected chi connectivity index (χ0v) is 11.3. The summed E-state index contributed by atoms with van der Waals surface area (Å²) < 4.78 is 11.2. The summed E-state index contributed by atoms with van der Waals surface area (Å²) in [5.41, 5.74) is 7.80. The maximum Gasteiger partial charge on any atom is 0.123 e. The molecule has 4 nitrogen and oxygen atoms in total. The molecule has 1 heterocycles. The maximum absolute atomic E-state index is 5.95. The number of rotatable bonds is 3. The van der Waals surface area contributed by atoms with Gasteiger partial charge in [-0.25, -0.2) is 0 Å². The van der Waals surface area contributed by atoms with Gasteiger partial charge in [0.25, 0.3) is 0 Å². The summed E-state index contributed by atoms with van der Waals surface area (Å²) in [4.78, 5) is 2.31. The van der Waals surface area contributed by atoms with Crippen molar-refractivity contribution >= 4 is 11.4 Å². The van der Waals surface area contributed by atoms with E-state index in [9.17, 15) is 0 Å². The summed E-state index contributed by atoms with van der Waals surface area (Å²) in [7, 11) is 0. The van der Waals surface area contributed by atoms with Crippen molar-refractivity contribution in [1.82, 2.24) is 0 Å². The molecular formula is C14H22N2O2. The van der Waals surface area contributed by atoms with Crippen LogP contribution in [-0.4, -0.2) is 31.9 Å². The summed E-state index contributed by atoms with van der Waals surface area (Å²) in [5.74, 6) is 0.832. The molecule has 0 aromatic heterocycles. The standard InChI is InChI=1S/C14H22N2O2/c1-10(2)18-14-7-12(15)6-13(8-14)16-4-5-17-9-11(16)3/h6-8,10-11H,4-5,9,15H2,1-3H3. The van der Waals surface area contributed by atoms with E-state index in [1.807, 2.05) is 26.0 Å². The topological polar surface area (TPSA) is 47.7 Å². The largest absolute Gasteiger partial charge is 0.491 e. The predicted molar refractivity (Wildman–Crippen MR) is 74.2 cm³/mol. The van der Waals surface area contributed by atoms with Crippen LogP contribution >= 0.6 is 0 Å². The third-order valence-electron chi connectivity index (χ3n) is 2.98. The van der Waals surface area contributed by atoms with Crippen molar-refractivity contribution in [2.24, 2.45) is 0 Å². The van der Waals surface area contributed by atoms with Crippen molar-refractivity contribution in [2.45, 2.75) is 32.9 Å². The Labute approximate surface area is 109 Å². The Morgan fingerprint density at radius 1 is 1.39 bits per heavy atom. The number of anilines is 2. The van der Waals surface area contributed by atoms with Crippen molar-refractivity contribution in [1.29, 1.82) is 0 Å². The summed E-state index contributed by atoms with van der Waals surface area (Å²) in [6.45, 7) is 8.60. The van der Waals surface area contributed by atoms with Crippen LogP contribution in [0.25, 0.3) is 0 Å². The van der Waals surface area contributed by atoms with Gasteiger partial charge in [0.2, 0.25) is 0 Å². The number of nitrogens with two attached hydrogens (primary N) is 1. The molecule has 0 radical (unpaired) electrons. The number of morpholine rings is 1. The second-order valence-electron chi connectivity index (χ2n) is 5.04. The predicted octanol–water partition coefficient (Wildman–Crippen LogP) is 2.28. The van der Waals surface area contributed by atoms with Crippen molar-refractivity contribution in [3.8, 4) is 5.75 Å². The van der Waals surface area contributed by atoms with Gasteiger partial charge >= 0.3 is 0 Å². The van der Waals surface area contributed by atoms with E-state index in [0.717, 1.165) is 36.9 Å². The average molecular weight is 250 g/mol. The third kappa shape index (κ3) is 3.07. The highest BCUT2D eigenvalue weighted by atomic mass is 16.5. The van der Waals surface area contributed by atoms with Gasteiger partial charge in [0.15, 0.2) is 0 Å². The van der Waals surface area contributed by atoms with Crippen LogP contribution in [0, 0.1) is 0 Å². The quantitative estimate of drug-likeness (QED) is 0.836. The summed E-state index contributed by atoms with van der Waals surface area (Å²) in [6.07, 6.45) is 0.154. The first-order valence-corrected chi connectivity index (χ1v) is 6.48. The van der Waals surface area contributed by atoms with Gasteiger partial charge in [0.1, 0.15) is 5.75 Å². The van der Waals surface area contributed by atoms with Crippen LogP contribution in [0.3, 0.4) is 0 Å². The molecule has 0 spiro atoms. The first kappa shape index (κ1) is 13.0. The van der Waals surface area contributed by atoms with Crippen molar-refractivity contribution in [2.75, 3.05) is 30.4 Å². The summed E-state index contributed by atoms with van der Waals surface area (Å²) >= 11 is 0. The highest BCUT2D eigenvalue weighted by Crippen LogP contribution is 2.28. The molecule has 1 aliphatic rings. The highest BCUT2D eigenvalue weighted by molar-refractivity contribution is 5.61. The third-order valence-corrected chi connectivity index (χ3v) is 2.98. The van der Waals surface area contributed by atoms with Crippen molar-refractivity contribution < 1.29 is 9.47 Å². The summed E-state index contributed by atoms with van der Waals surface area (Å²) in [6, 6.07) is 6.29. The van der Waals surface area contributed by atoms with Gasteiger partial charge in [-0.3, -0.25) is 0 Å². The molecular weight excluding hydrogens is 228 g/mol. The zero-order valence-electron chi connectivity index (χ0n) is 11.3. The first-order valence-electron chi connectivity index (χ1n) is 6.48. The van der Waals surface area contributed by atoms with E-state index in [4.69, 9.17) is 15.2 Å². The molecule has 1 unspecified atom stereocenters. The van der Waals surface area contributed by atoms with Crippen LogP contribution < -0.4 is 15.4 Å². The molecule has 0 bridgehead atoms. The number of nitrogen functional groups attached to an aromatic ring is 1. The van der Waals surface area contributed by atoms with Gasteiger partial charge in [-0.05, 0) is 26.8 Å². The molecule has 1 fully saturated rings. The Morgan fingerprint density at radius 3 is 2.83 bits per heavy atom. The average Bonchev–Trinajstić information content (AvgIpc) is 2.27. The molecule has 1 atom stereocenters. The minimum Gasteiger partial charge on any atom is -0.491 e. The lowest BCUT2D eigenvalue weighted by Crippen LogP contribution is -2.43. The molecule has 2 N–H and O–H groups in total. The molecule has 1 aliphatic heterocycles. The fourth-order valence-electron chi connectivity index (χ4n) is 2.22. The van der Waals surface area contributed by atoms with Crippen LogP contribution in [0.5, 0.6) is 5.75 Å². The number of benzene rings is 1. The lowest BCUT2D eigenvalue weighted by Gasteiger charge is -2.35. The smallest absolute Gasteiger partial charge is 0.123 e. The Kier molecular flexibility index (Phi) is 3.97. The monoisotopic (exact) mass is 250 g/mol. The van der Waals surface area contributed by atoms with Crippen molar-refractivity contribution in [3.05, 3.63) is 18.2 Å². The number of ether oxygens (including phenoxy) is 2. The van der Waals surface area contributed by atoms with Crippen LogP contribution in [0.2, 0.25) is 0 Å². The van der Waals surface area contributed by atoms with Gasteiger partial charge in [0.05, 0.1) is 19.3 Å². The zero-order chi connectivity index (χ0) is 13.1. The van der Waals surface area contributed by atoms with E-state index in [0.29, 0.717) is 6.04 Å². The Bertz CT molecular complexity index is 407. The molecule has 4 heteroatoms. The lowest BCUT2D eigenvalue weighted by atomic mass is 10.2. The summed E-state index contributed by atoms with van der Waals surface area (Å²) in [5, 5.41) is 0. The fraction of sp³-hybridized carbons (Fsp3) is 0.571. The number of hydrogen-bond donors (Lipinski definition) is 1. The van der Waals surface area contributed by atoms with E-state index < -0.39 is 0 Å². The van der Waals surface area contributed by atoms with E-state index in [1.165, 1.54) is 0 Å². The maximum atomic E-state index is 5.95. The second kappa shape index (κ2) is 5.48. The van der Waals surface area contributed by atoms with Gasteiger partial charge in [-0.1, -0.05) is 0 Å². The van der Waals surface area contributed by atoms with Gasteiger partial charge < -0.3 is 20.1 Å².